The van der Waals surface area contributed by atoms with E-state index < -0.39 is 0 Å². The van der Waals surface area contributed by atoms with Crippen molar-refractivity contribution in [2.24, 2.45) is 0 Å². The fourth-order valence-electron chi connectivity index (χ4n) is 3.15. The highest BCUT2D eigenvalue weighted by Gasteiger charge is 2.26. The van der Waals surface area contributed by atoms with E-state index in [0.717, 1.165) is 22.3 Å². The van der Waals surface area contributed by atoms with Crippen LogP contribution in [0, 0.1) is 0 Å². The van der Waals surface area contributed by atoms with Crippen molar-refractivity contribution < 1.29 is 9.59 Å². The monoisotopic (exact) mass is 310 g/mol. The molecule has 0 heterocycles. The Kier molecular flexibility index (Phi) is 3.43. The van der Waals surface area contributed by atoms with Crippen molar-refractivity contribution in [3.8, 4) is 22.3 Å². The lowest BCUT2D eigenvalue weighted by Crippen LogP contribution is -2.14. The van der Waals surface area contributed by atoms with Gasteiger partial charge in [0.2, 0.25) is 0 Å². The Balaban J connectivity index is 2.04. The zero-order chi connectivity index (χ0) is 16.5. The summed E-state index contributed by atoms with van der Waals surface area (Å²) in [4.78, 5) is 25.1. The molecule has 0 saturated carbocycles. The predicted molar refractivity (Wildman–Crippen MR) is 95.1 cm³/mol. The number of ketones is 2. The highest BCUT2D eigenvalue weighted by molar-refractivity contribution is 6.26. The van der Waals surface area contributed by atoms with Gasteiger partial charge in [0.05, 0.1) is 0 Å². The topological polar surface area (TPSA) is 34.1 Å². The molecule has 114 valence electrons. The Morgan fingerprint density at radius 1 is 0.458 bits per heavy atom. The number of benzene rings is 3. The van der Waals surface area contributed by atoms with Gasteiger partial charge in [-0.05, 0) is 34.4 Å². The van der Waals surface area contributed by atoms with Gasteiger partial charge in [-0.15, -0.1) is 0 Å². The summed E-state index contributed by atoms with van der Waals surface area (Å²) in [5.41, 5.74) is 4.46. The molecule has 1 aliphatic carbocycles. The van der Waals surface area contributed by atoms with Crippen LogP contribution in [0.25, 0.3) is 22.3 Å². The van der Waals surface area contributed by atoms with Crippen LogP contribution in [0.15, 0.2) is 84.9 Å². The van der Waals surface area contributed by atoms with Gasteiger partial charge in [-0.3, -0.25) is 9.59 Å². The van der Waals surface area contributed by atoms with Gasteiger partial charge < -0.3 is 0 Å². The first-order valence-electron chi connectivity index (χ1n) is 7.80. The lowest BCUT2D eigenvalue weighted by atomic mass is 9.83. The van der Waals surface area contributed by atoms with Crippen molar-refractivity contribution >= 4 is 11.6 Å². The number of carbonyl (C=O) groups excluding carboxylic acids is 2. The largest absolute Gasteiger partial charge is 0.289 e. The minimum atomic E-state index is -0.124. The Morgan fingerprint density at radius 2 is 0.833 bits per heavy atom. The lowest BCUT2D eigenvalue weighted by Gasteiger charge is -2.18. The number of rotatable bonds is 2. The summed E-state index contributed by atoms with van der Waals surface area (Å²) < 4.78 is 0. The fraction of sp³-hybridized carbons (Fsp3) is 0. The van der Waals surface area contributed by atoms with Crippen molar-refractivity contribution in [3.63, 3.8) is 0 Å². The first-order chi connectivity index (χ1) is 11.8. The van der Waals surface area contributed by atoms with Gasteiger partial charge in [-0.1, -0.05) is 72.8 Å². The SMILES string of the molecule is O=C1C=CC(=O)c2c(-c3ccccc3)ccc(-c3ccccc3)c21. The molecule has 0 amide bonds. The Morgan fingerprint density at radius 3 is 1.21 bits per heavy atom. The van der Waals surface area contributed by atoms with Crippen molar-refractivity contribution in [1.29, 1.82) is 0 Å². The van der Waals surface area contributed by atoms with Gasteiger partial charge in [-0.2, -0.15) is 0 Å². The number of fused-ring (bicyclic) bond motifs is 1. The van der Waals surface area contributed by atoms with Gasteiger partial charge in [0.15, 0.2) is 11.6 Å². The number of hydrogen-bond acceptors (Lipinski definition) is 2. The third-order valence-corrected chi connectivity index (χ3v) is 4.25. The van der Waals surface area contributed by atoms with E-state index >= 15 is 0 Å². The highest BCUT2D eigenvalue weighted by Crippen LogP contribution is 2.36. The molecule has 0 atom stereocenters. The first kappa shape index (κ1) is 14.3. The molecular formula is C22H14O2. The van der Waals surface area contributed by atoms with Gasteiger partial charge in [0.1, 0.15) is 0 Å². The molecule has 0 spiro atoms. The van der Waals surface area contributed by atoms with Crippen molar-refractivity contribution in [2.45, 2.75) is 0 Å². The van der Waals surface area contributed by atoms with Crippen LogP contribution >= 0.6 is 0 Å². The molecule has 0 aliphatic heterocycles. The first-order valence-corrected chi connectivity index (χ1v) is 7.80. The van der Waals surface area contributed by atoms with Crippen molar-refractivity contribution in [3.05, 3.63) is 96.1 Å². The Hall–Kier alpha value is -3.26. The molecule has 2 nitrogen and oxygen atoms in total. The summed E-state index contributed by atoms with van der Waals surface area (Å²) in [6.07, 6.45) is 2.73. The second-order valence-electron chi connectivity index (χ2n) is 5.70. The van der Waals surface area contributed by atoms with Crippen LogP contribution in [0.1, 0.15) is 20.7 Å². The molecule has 4 rings (SSSR count). The van der Waals surface area contributed by atoms with E-state index in [1.165, 1.54) is 12.2 Å². The fourth-order valence-corrected chi connectivity index (χ4v) is 3.15. The zero-order valence-corrected chi connectivity index (χ0v) is 12.9. The molecule has 0 fully saturated rings. The van der Waals surface area contributed by atoms with Crippen LogP contribution in [-0.4, -0.2) is 11.6 Å². The predicted octanol–water partition coefficient (Wildman–Crippen LogP) is 4.96. The van der Waals surface area contributed by atoms with Crippen LogP contribution in [0.5, 0.6) is 0 Å². The Bertz CT molecular complexity index is 887. The van der Waals surface area contributed by atoms with Gasteiger partial charge in [-0.25, -0.2) is 0 Å². The third kappa shape index (κ3) is 2.29. The normalized spacial score (nSPS) is 13.0. The zero-order valence-electron chi connectivity index (χ0n) is 12.9. The minimum absolute atomic E-state index is 0.124. The number of carbonyl (C=O) groups is 2. The van der Waals surface area contributed by atoms with E-state index in [2.05, 4.69) is 0 Å². The quantitative estimate of drug-likeness (QED) is 0.670. The second-order valence-corrected chi connectivity index (χ2v) is 5.70. The molecule has 0 saturated heterocycles. The standard InChI is InChI=1S/C22H14O2/c23-19-13-14-20(24)22-18(16-9-5-2-6-10-16)12-11-17(21(19)22)15-7-3-1-4-8-15/h1-14H. The summed E-state index contributed by atoms with van der Waals surface area (Å²) >= 11 is 0. The van der Waals surface area contributed by atoms with Crippen LogP contribution in [0.3, 0.4) is 0 Å². The molecule has 3 aromatic rings. The number of allylic oxidation sites excluding steroid dienone is 2. The van der Waals surface area contributed by atoms with Crippen molar-refractivity contribution in [1.82, 2.24) is 0 Å². The molecule has 0 radical (unpaired) electrons. The molecule has 3 aromatic carbocycles. The summed E-state index contributed by atoms with van der Waals surface area (Å²) in [5, 5.41) is 0. The van der Waals surface area contributed by atoms with Gasteiger partial charge in [0, 0.05) is 11.1 Å². The van der Waals surface area contributed by atoms with E-state index in [0.29, 0.717) is 11.1 Å². The highest BCUT2D eigenvalue weighted by atomic mass is 16.1. The minimum Gasteiger partial charge on any atom is -0.289 e. The second kappa shape index (κ2) is 5.74. The summed E-state index contributed by atoms with van der Waals surface area (Å²) in [6, 6.07) is 23.2. The van der Waals surface area contributed by atoms with E-state index in [9.17, 15) is 9.59 Å². The van der Waals surface area contributed by atoms with Crippen LogP contribution in [0.4, 0.5) is 0 Å². The average Bonchev–Trinajstić information content (AvgIpc) is 2.65. The van der Waals surface area contributed by atoms with Gasteiger partial charge >= 0.3 is 0 Å². The third-order valence-electron chi connectivity index (χ3n) is 4.25. The van der Waals surface area contributed by atoms with E-state index in [1.54, 1.807) is 0 Å². The van der Waals surface area contributed by atoms with E-state index in [-0.39, 0.29) is 11.6 Å². The smallest absolute Gasteiger partial charge is 0.187 e. The maximum Gasteiger partial charge on any atom is 0.187 e. The van der Waals surface area contributed by atoms with Crippen molar-refractivity contribution in [2.75, 3.05) is 0 Å². The van der Waals surface area contributed by atoms with Gasteiger partial charge in [0.25, 0.3) is 0 Å². The maximum absolute atomic E-state index is 12.6. The molecule has 0 N–H and O–H groups in total. The van der Waals surface area contributed by atoms with Crippen LogP contribution in [-0.2, 0) is 0 Å². The number of hydrogen-bond donors (Lipinski definition) is 0. The molecule has 0 unspecified atom stereocenters. The molecule has 0 bridgehead atoms. The molecule has 24 heavy (non-hydrogen) atoms. The molecular weight excluding hydrogens is 296 g/mol. The summed E-state index contributed by atoms with van der Waals surface area (Å²) in [7, 11) is 0. The summed E-state index contributed by atoms with van der Waals surface area (Å²) in [6.45, 7) is 0. The molecule has 0 aromatic heterocycles. The summed E-state index contributed by atoms with van der Waals surface area (Å²) in [5.74, 6) is -0.248. The molecule has 2 heteroatoms. The lowest BCUT2D eigenvalue weighted by molar-refractivity contribution is 0.0995. The average molecular weight is 310 g/mol. The van der Waals surface area contributed by atoms with Crippen LogP contribution in [0.2, 0.25) is 0 Å². The maximum atomic E-state index is 12.6. The Labute approximate surface area is 140 Å². The van der Waals surface area contributed by atoms with E-state index in [1.807, 2.05) is 72.8 Å². The molecule has 1 aliphatic rings. The van der Waals surface area contributed by atoms with E-state index in [4.69, 9.17) is 0 Å². The van der Waals surface area contributed by atoms with Crippen LogP contribution < -0.4 is 0 Å².